The van der Waals surface area contributed by atoms with Gasteiger partial charge in [0.05, 0.1) is 18.4 Å². The molecule has 3 aromatic rings. The summed E-state index contributed by atoms with van der Waals surface area (Å²) in [7, 11) is 1.57. The van der Waals surface area contributed by atoms with Crippen LogP contribution in [0.15, 0.2) is 28.8 Å². The van der Waals surface area contributed by atoms with E-state index >= 15 is 0 Å². The molecule has 2 heterocycles. The first-order valence-corrected chi connectivity index (χ1v) is 10.7. The number of nitrogens with one attached hydrogen (secondary N) is 1. The molecule has 0 aliphatic carbocycles. The third-order valence-corrected chi connectivity index (χ3v) is 5.31. The highest BCUT2D eigenvalue weighted by molar-refractivity contribution is 7.15. The maximum absolute atomic E-state index is 12.2. The second-order valence-corrected chi connectivity index (χ2v) is 8.49. The van der Waals surface area contributed by atoms with Crippen LogP contribution in [0.2, 0.25) is 0 Å². The van der Waals surface area contributed by atoms with Crippen LogP contribution < -0.4 is 14.8 Å². The van der Waals surface area contributed by atoms with E-state index in [1.165, 1.54) is 17.4 Å². The van der Waals surface area contributed by atoms with E-state index in [-0.39, 0.29) is 5.91 Å². The van der Waals surface area contributed by atoms with Crippen LogP contribution in [-0.4, -0.2) is 28.4 Å². The standard InChI is InChI=1S/C22H26N4O4S/c1-13(2)10-21-24-25-22(31-21)23-20(27)9-7-16-6-8-18(19(11-16)28-5)29-12-17-14(3)26-30-15(17)4/h6-9,11,13H,10,12H2,1-5H3,(H,23,25,27). The zero-order valence-corrected chi connectivity index (χ0v) is 19.1. The third kappa shape index (κ3) is 6.14. The van der Waals surface area contributed by atoms with E-state index in [2.05, 4.69) is 34.5 Å². The molecule has 3 rings (SSSR count). The number of ether oxygens (including phenoxy) is 2. The van der Waals surface area contributed by atoms with E-state index in [1.54, 1.807) is 25.3 Å². The van der Waals surface area contributed by atoms with Gasteiger partial charge in [0.1, 0.15) is 17.4 Å². The molecule has 2 aromatic heterocycles. The lowest BCUT2D eigenvalue weighted by atomic mass is 10.1. The van der Waals surface area contributed by atoms with Gasteiger partial charge in [-0.3, -0.25) is 10.1 Å². The molecule has 0 bridgehead atoms. The van der Waals surface area contributed by atoms with Crippen molar-refractivity contribution in [2.45, 2.75) is 40.7 Å². The second-order valence-electron chi connectivity index (χ2n) is 7.42. The number of aryl methyl sites for hydroxylation is 2. The molecule has 0 aliphatic heterocycles. The van der Waals surface area contributed by atoms with Crippen LogP contribution in [0.3, 0.4) is 0 Å². The van der Waals surface area contributed by atoms with Crippen LogP contribution in [-0.2, 0) is 17.8 Å². The molecule has 9 heteroatoms. The third-order valence-electron chi connectivity index (χ3n) is 4.45. The van der Waals surface area contributed by atoms with Gasteiger partial charge in [-0.2, -0.15) is 0 Å². The zero-order valence-electron chi connectivity index (χ0n) is 18.3. The molecule has 0 saturated heterocycles. The number of hydrogen-bond donors (Lipinski definition) is 1. The molecule has 31 heavy (non-hydrogen) atoms. The summed E-state index contributed by atoms with van der Waals surface area (Å²) in [4.78, 5) is 12.2. The van der Waals surface area contributed by atoms with E-state index in [1.807, 2.05) is 19.9 Å². The van der Waals surface area contributed by atoms with E-state index in [0.717, 1.165) is 34.0 Å². The Morgan fingerprint density at radius 2 is 2.06 bits per heavy atom. The first kappa shape index (κ1) is 22.5. The number of amides is 1. The average molecular weight is 443 g/mol. The number of nitrogens with zero attached hydrogens (tertiary/aromatic N) is 3. The van der Waals surface area contributed by atoms with Crippen molar-refractivity contribution in [1.29, 1.82) is 0 Å². The van der Waals surface area contributed by atoms with Crippen LogP contribution in [0.1, 0.15) is 41.4 Å². The monoisotopic (exact) mass is 442 g/mol. The van der Waals surface area contributed by atoms with Gasteiger partial charge in [-0.15, -0.1) is 10.2 Å². The van der Waals surface area contributed by atoms with Gasteiger partial charge in [-0.1, -0.05) is 36.4 Å². The van der Waals surface area contributed by atoms with Crippen molar-refractivity contribution >= 4 is 28.5 Å². The smallest absolute Gasteiger partial charge is 0.250 e. The first-order valence-electron chi connectivity index (χ1n) is 9.89. The fraction of sp³-hybridized carbons (Fsp3) is 0.364. The minimum absolute atomic E-state index is 0.273. The zero-order chi connectivity index (χ0) is 22.4. The van der Waals surface area contributed by atoms with E-state index in [9.17, 15) is 4.79 Å². The van der Waals surface area contributed by atoms with Gasteiger partial charge in [0.15, 0.2) is 11.5 Å². The molecule has 0 radical (unpaired) electrons. The maximum Gasteiger partial charge on any atom is 0.250 e. The molecule has 0 fully saturated rings. The Labute approximate surface area is 185 Å². The number of aromatic nitrogens is 3. The summed E-state index contributed by atoms with van der Waals surface area (Å²) in [6.45, 7) is 8.28. The Hall–Kier alpha value is -3.20. The second kappa shape index (κ2) is 10.2. The number of hydrogen-bond acceptors (Lipinski definition) is 8. The normalized spacial score (nSPS) is 11.3. The summed E-state index contributed by atoms with van der Waals surface area (Å²) >= 11 is 1.39. The molecule has 1 amide bonds. The van der Waals surface area contributed by atoms with Crippen molar-refractivity contribution in [2.75, 3.05) is 12.4 Å². The van der Waals surface area contributed by atoms with Crippen molar-refractivity contribution in [3.8, 4) is 11.5 Å². The largest absolute Gasteiger partial charge is 0.493 e. The maximum atomic E-state index is 12.2. The first-order chi connectivity index (χ1) is 14.9. The van der Waals surface area contributed by atoms with Crippen molar-refractivity contribution < 1.29 is 18.8 Å². The van der Waals surface area contributed by atoms with Crippen LogP contribution in [0.5, 0.6) is 11.5 Å². The van der Waals surface area contributed by atoms with Gasteiger partial charge in [-0.05, 0) is 43.5 Å². The highest BCUT2D eigenvalue weighted by Crippen LogP contribution is 2.30. The van der Waals surface area contributed by atoms with Gasteiger partial charge < -0.3 is 14.0 Å². The molecule has 0 saturated carbocycles. The summed E-state index contributed by atoms with van der Waals surface area (Å²) in [5, 5.41) is 16.2. The van der Waals surface area contributed by atoms with Crippen molar-refractivity contribution in [3.05, 3.63) is 51.9 Å². The van der Waals surface area contributed by atoms with Crippen molar-refractivity contribution in [1.82, 2.24) is 15.4 Å². The molecule has 164 valence electrons. The lowest BCUT2D eigenvalue weighted by molar-refractivity contribution is -0.111. The topological polar surface area (TPSA) is 99.4 Å². The van der Waals surface area contributed by atoms with Gasteiger partial charge in [0.25, 0.3) is 0 Å². The molecule has 0 atom stereocenters. The quantitative estimate of drug-likeness (QED) is 0.484. The summed E-state index contributed by atoms with van der Waals surface area (Å²) < 4.78 is 16.5. The molecule has 0 unspecified atom stereocenters. The number of methoxy groups -OCH3 is 1. The summed E-state index contributed by atoms with van der Waals surface area (Å²) in [6, 6.07) is 5.45. The summed E-state index contributed by atoms with van der Waals surface area (Å²) in [6.07, 6.45) is 3.99. The predicted molar refractivity (Wildman–Crippen MR) is 119 cm³/mol. The molecular weight excluding hydrogens is 416 g/mol. The van der Waals surface area contributed by atoms with E-state index in [0.29, 0.717) is 29.2 Å². The molecule has 1 aromatic carbocycles. The summed E-state index contributed by atoms with van der Waals surface area (Å²) in [5.74, 6) is 2.11. The number of carbonyl (C=O) groups is 1. The Bertz CT molecular complexity index is 1050. The number of rotatable bonds is 9. The lowest BCUT2D eigenvalue weighted by Gasteiger charge is -2.11. The number of carbonyl (C=O) groups excluding carboxylic acids is 1. The molecule has 1 N–H and O–H groups in total. The summed E-state index contributed by atoms with van der Waals surface area (Å²) in [5.41, 5.74) is 2.51. The average Bonchev–Trinajstić information content (AvgIpc) is 3.30. The Morgan fingerprint density at radius 1 is 1.26 bits per heavy atom. The van der Waals surface area contributed by atoms with Gasteiger partial charge in [-0.25, -0.2) is 0 Å². The lowest BCUT2D eigenvalue weighted by Crippen LogP contribution is -2.07. The van der Waals surface area contributed by atoms with Crippen LogP contribution in [0.4, 0.5) is 5.13 Å². The molecular formula is C22H26N4O4S. The fourth-order valence-electron chi connectivity index (χ4n) is 2.82. The number of benzene rings is 1. The van der Waals surface area contributed by atoms with Crippen molar-refractivity contribution in [3.63, 3.8) is 0 Å². The van der Waals surface area contributed by atoms with Crippen LogP contribution in [0.25, 0.3) is 6.08 Å². The highest BCUT2D eigenvalue weighted by atomic mass is 32.1. The fourth-order valence-corrected chi connectivity index (χ4v) is 3.77. The minimum Gasteiger partial charge on any atom is -0.493 e. The van der Waals surface area contributed by atoms with Crippen LogP contribution in [0, 0.1) is 19.8 Å². The van der Waals surface area contributed by atoms with Crippen molar-refractivity contribution in [2.24, 2.45) is 5.92 Å². The van der Waals surface area contributed by atoms with E-state index in [4.69, 9.17) is 14.0 Å². The minimum atomic E-state index is -0.273. The number of anilines is 1. The van der Waals surface area contributed by atoms with Gasteiger partial charge in [0, 0.05) is 12.5 Å². The predicted octanol–water partition coefficient (Wildman–Crippen LogP) is 4.58. The van der Waals surface area contributed by atoms with Gasteiger partial charge in [0.2, 0.25) is 11.0 Å². The Balaban J connectivity index is 1.61. The highest BCUT2D eigenvalue weighted by Gasteiger charge is 2.12. The SMILES string of the molecule is COc1cc(C=CC(=O)Nc2nnc(CC(C)C)s2)ccc1OCc1c(C)noc1C. The Kier molecular flexibility index (Phi) is 7.41. The van der Waals surface area contributed by atoms with E-state index < -0.39 is 0 Å². The Morgan fingerprint density at radius 3 is 2.74 bits per heavy atom. The molecule has 8 nitrogen and oxygen atoms in total. The molecule has 0 aliphatic rings. The molecule has 0 spiro atoms. The van der Waals surface area contributed by atoms with Crippen LogP contribution >= 0.6 is 11.3 Å². The van der Waals surface area contributed by atoms with Gasteiger partial charge >= 0.3 is 0 Å².